The van der Waals surface area contributed by atoms with E-state index >= 15 is 0 Å². The average molecular weight is 327 g/mol. The predicted octanol–water partition coefficient (Wildman–Crippen LogP) is 4.55. The molecule has 0 N–H and O–H groups in total. The summed E-state index contributed by atoms with van der Waals surface area (Å²) < 4.78 is 23.7. The standard InChI is InChI=1S/C17H30NO3P/c1-6-20-22(19,21-7-2)15-18(17(3,4)5)14-13-16-11-9-8-10-12-16/h8-12H,6-7,13-15H2,1-5H3. The Morgan fingerprint density at radius 1 is 1.05 bits per heavy atom. The predicted molar refractivity (Wildman–Crippen MR) is 92.3 cm³/mol. The van der Waals surface area contributed by atoms with E-state index in [-0.39, 0.29) is 5.54 Å². The number of nitrogens with zero attached hydrogens (tertiary/aromatic N) is 1. The molecule has 0 unspecified atom stereocenters. The maximum absolute atomic E-state index is 12.8. The summed E-state index contributed by atoms with van der Waals surface area (Å²) in [7, 11) is -3.07. The molecule has 1 aromatic rings. The minimum atomic E-state index is -3.07. The Labute approximate surface area is 135 Å². The quantitative estimate of drug-likeness (QED) is 0.624. The number of hydrogen-bond acceptors (Lipinski definition) is 4. The normalized spacial score (nSPS) is 12.8. The average Bonchev–Trinajstić information content (AvgIpc) is 2.44. The fraction of sp³-hybridized carbons (Fsp3) is 0.647. The van der Waals surface area contributed by atoms with Gasteiger partial charge in [0, 0.05) is 12.1 Å². The lowest BCUT2D eigenvalue weighted by Gasteiger charge is -2.37. The second-order valence-electron chi connectivity index (χ2n) is 6.26. The third kappa shape index (κ3) is 6.62. The monoisotopic (exact) mass is 327 g/mol. The maximum Gasteiger partial charge on any atom is 0.344 e. The van der Waals surface area contributed by atoms with E-state index in [1.807, 2.05) is 32.0 Å². The van der Waals surface area contributed by atoms with Crippen molar-refractivity contribution < 1.29 is 13.6 Å². The number of rotatable bonds is 9. The van der Waals surface area contributed by atoms with Gasteiger partial charge in [-0.25, -0.2) is 0 Å². The van der Waals surface area contributed by atoms with E-state index in [2.05, 4.69) is 37.8 Å². The van der Waals surface area contributed by atoms with Crippen LogP contribution in [-0.2, 0) is 20.0 Å². The largest absolute Gasteiger partial charge is 0.344 e. The minimum absolute atomic E-state index is 0.0986. The van der Waals surface area contributed by atoms with Gasteiger partial charge in [0.1, 0.15) is 6.29 Å². The lowest BCUT2D eigenvalue weighted by molar-refractivity contribution is 0.135. The van der Waals surface area contributed by atoms with Gasteiger partial charge in [0.2, 0.25) is 0 Å². The summed E-state index contributed by atoms with van der Waals surface area (Å²) in [6.07, 6.45) is 1.24. The van der Waals surface area contributed by atoms with Crippen LogP contribution in [0.25, 0.3) is 0 Å². The Bertz CT molecular complexity index is 461. The van der Waals surface area contributed by atoms with Gasteiger partial charge in [0.05, 0.1) is 13.2 Å². The molecule has 0 aliphatic heterocycles. The van der Waals surface area contributed by atoms with Crippen LogP contribution in [0.5, 0.6) is 0 Å². The SMILES string of the molecule is CCOP(=O)(CN(CCc1ccccc1)C(C)(C)C)OCC. The van der Waals surface area contributed by atoms with Gasteiger partial charge in [-0.3, -0.25) is 9.46 Å². The zero-order chi connectivity index (χ0) is 16.6. The number of benzene rings is 1. The molecular weight excluding hydrogens is 297 g/mol. The molecule has 0 aliphatic carbocycles. The first kappa shape index (κ1) is 19.4. The molecule has 0 fully saturated rings. The summed E-state index contributed by atoms with van der Waals surface area (Å²) >= 11 is 0. The molecule has 0 radical (unpaired) electrons. The summed E-state index contributed by atoms with van der Waals surface area (Å²) in [6.45, 7) is 11.7. The van der Waals surface area contributed by atoms with E-state index in [9.17, 15) is 4.57 Å². The van der Waals surface area contributed by atoms with Crippen LogP contribution in [0, 0.1) is 0 Å². The third-order valence-corrected chi connectivity index (χ3v) is 5.45. The molecule has 0 saturated heterocycles. The second kappa shape index (κ2) is 8.83. The van der Waals surface area contributed by atoms with Gasteiger partial charge >= 0.3 is 7.60 Å². The zero-order valence-electron chi connectivity index (χ0n) is 14.5. The fourth-order valence-corrected chi connectivity index (χ4v) is 4.26. The van der Waals surface area contributed by atoms with Crippen LogP contribution in [-0.4, -0.2) is 36.5 Å². The second-order valence-corrected chi connectivity index (χ2v) is 8.28. The highest BCUT2D eigenvalue weighted by atomic mass is 31.2. The Kier molecular flexibility index (Phi) is 7.78. The van der Waals surface area contributed by atoms with Crippen LogP contribution in [0.1, 0.15) is 40.2 Å². The maximum atomic E-state index is 12.8. The fourth-order valence-electron chi connectivity index (χ4n) is 2.25. The highest BCUT2D eigenvalue weighted by Gasteiger charge is 2.32. The molecule has 0 spiro atoms. The van der Waals surface area contributed by atoms with Crippen molar-refractivity contribution in [2.24, 2.45) is 0 Å². The molecule has 0 saturated carbocycles. The van der Waals surface area contributed by atoms with Crippen molar-refractivity contribution in [2.75, 3.05) is 26.0 Å². The van der Waals surface area contributed by atoms with Crippen molar-refractivity contribution in [3.63, 3.8) is 0 Å². The molecule has 1 aromatic carbocycles. The van der Waals surface area contributed by atoms with E-state index in [0.29, 0.717) is 19.5 Å². The Balaban J connectivity index is 2.78. The molecule has 4 nitrogen and oxygen atoms in total. The van der Waals surface area contributed by atoms with E-state index < -0.39 is 7.60 Å². The lowest BCUT2D eigenvalue weighted by Crippen LogP contribution is -2.43. The molecule has 1 rings (SSSR count). The molecule has 0 atom stereocenters. The Morgan fingerprint density at radius 3 is 2.05 bits per heavy atom. The zero-order valence-corrected chi connectivity index (χ0v) is 15.4. The first-order chi connectivity index (χ1) is 10.3. The molecule has 126 valence electrons. The minimum Gasteiger partial charge on any atom is -0.308 e. The Morgan fingerprint density at radius 2 is 1.59 bits per heavy atom. The lowest BCUT2D eigenvalue weighted by atomic mass is 10.1. The van der Waals surface area contributed by atoms with Crippen LogP contribution in [0.2, 0.25) is 0 Å². The molecule has 0 amide bonds. The molecule has 0 aliphatic rings. The molecular formula is C17H30NO3P. The van der Waals surface area contributed by atoms with E-state index in [1.165, 1.54) is 5.56 Å². The van der Waals surface area contributed by atoms with Gasteiger partial charge in [0.25, 0.3) is 0 Å². The number of hydrogen-bond donors (Lipinski definition) is 0. The summed E-state index contributed by atoms with van der Waals surface area (Å²) in [5, 5.41) is 0. The molecule has 0 heterocycles. The van der Waals surface area contributed by atoms with Crippen molar-refractivity contribution in [1.82, 2.24) is 4.90 Å². The van der Waals surface area contributed by atoms with Gasteiger partial charge in [-0.1, -0.05) is 30.3 Å². The summed E-state index contributed by atoms with van der Waals surface area (Å²) in [4.78, 5) is 2.19. The molecule has 0 aromatic heterocycles. The van der Waals surface area contributed by atoms with Crippen molar-refractivity contribution in [3.05, 3.63) is 35.9 Å². The van der Waals surface area contributed by atoms with Crippen molar-refractivity contribution in [3.8, 4) is 0 Å². The molecule has 0 bridgehead atoms. The van der Waals surface area contributed by atoms with Gasteiger partial charge in [-0.2, -0.15) is 0 Å². The van der Waals surface area contributed by atoms with Gasteiger partial charge in [-0.15, -0.1) is 0 Å². The van der Waals surface area contributed by atoms with E-state index in [1.54, 1.807) is 0 Å². The highest BCUT2D eigenvalue weighted by molar-refractivity contribution is 7.53. The molecule has 22 heavy (non-hydrogen) atoms. The highest BCUT2D eigenvalue weighted by Crippen LogP contribution is 2.49. The van der Waals surface area contributed by atoms with Gasteiger partial charge < -0.3 is 9.05 Å². The molecule has 5 heteroatoms. The Hall–Kier alpha value is -0.670. The summed E-state index contributed by atoms with van der Waals surface area (Å²) in [6, 6.07) is 10.3. The first-order valence-electron chi connectivity index (χ1n) is 7.98. The topological polar surface area (TPSA) is 38.8 Å². The van der Waals surface area contributed by atoms with Crippen LogP contribution in [0.4, 0.5) is 0 Å². The van der Waals surface area contributed by atoms with E-state index in [4.69, 9.17) is 9.05 Å². The summed E-state index contributed by atoms with van der Waals surface area (Å²) in [5.74, 6) is 0. The van der Waals surface area contributed by atoms with Gasteiger partial charge in [-0.05, 0) is 46.6 Å². The van der Waals surface area contributed by atoms with Crippen LogP contribution >= 0.6 is 7.60 Å². The van der Waals surface area contributed by atoms with Gasteiger partial charge in [0.15, 0.2) is 0 Å². The van der Waals surface area contributed by atoms with Crippen LogP contribution in [0.3, 0.4) is 0 Å². The first-order valence-corrected chi connectivity index (χ1v) is 9.70. The third-order valence-electron chi connectivity index (χ3n) is 3.46. The van der Waals surface area contributed by atoms with E-state index in [0.717, 1.165) is 13.0 Å². The smallest absolute Gasteiger partial charge is 0.308 e. The van der Waals surface area contributed by atoms with Crippen molar-refractivity contribution >= 4 is 7.60 Å². The van der Waals surface area contributed by atoms with Crippen molar-refractivity contribution in [1.29, 1.82) is 0 Å². The summed E-state index contributed by atoms with van der Waals surface area (Å²) in [5.41, 5.74) is 1.18. The van der Waals surface area contributed by atoms with Crippen LogP contribution in [0.15, 0.2) is 30.3 Å². The van der Waals surface area contributed by atoms with Crippen molar-refractivity contribution in [2.45, 2.75) is 46.6 Å². The van der Waals surface area contributed by atoms with Crippen LogP contribution < -0.4 is 0 Å².